The van der Waals surface area contributed by atoms with Crippen LogP contribution < -0.4 is 9.47 Å². The second kappa shape index (κ2) is 37.1. The van der Waals surface area contributed by atoms with Gasteiger partial charge in [-0.2, -0.15) is 0 Å². The first-order valence-corrected chi connectivity index (χ1v) is 27.6. The summed E-state index contributed by atoms with van der Waals surface area (Å²) in [6.07, 6.45) is 16.0. The summed E-state index contributed by atoms with van der Waals surface area (Å²) in [4.78, 5) is 0. The van der Waals surface area contributed by atoms with E-state index in [0.29, 0.717) is 151 Å². The predicted octanol–water partition coefficient (Wildman–Crippen LogP) is 11.4. The molecule has 12 nitrogen and oxygen atoms in total. The molecule has 2 aromatic rings. The molecule has 4 rings (SSSR count). The monoisotopic (exact) mass is 989 g/mol. The Labute approximate surface area is 424 Å². The van der Waals surface area contributed by atoms with Gasteiger partial charge in [0.05, 0.1) is 92.5 Å². The first-order valence-electron chi connectivity index (χ1n) is 27.6. The summed E-state index contributed by atoms with van der Waals surface area (Å²) in [5, 5.41) is 39.7. The Balaban J connectivity index is 0.000000370. The van der Waals surface area contributed by atoms with Crippen LogP contribution in [-0.4, -0.2) is 126 Å². The molecule has 70 heavy (non-hydrogen) atoms. The molecule has 404 valence electrons. The van der Waals surface area contributed by atoms with Crippen LogP contribution in [0.15, 0.2) is 24.3 Å². The summed E-state index contributed by atoms with van der Waals surface area (Å²) in [6, 6.07) is 8.28. The van der Waals surface area contributed by atoms with Gasteiger partial charge in [-0.3, -0.25) is 0 Å². The van der Waals surface area contributed by atoms with Crippen LogP contribution in [-0.2, 0) is 41.3 Å². The van der Waals surface area contributed by atoms with Crippen molar-refractivity contribution in [3.05, 3.63) is 46.5 Å². The highest BCUT2D eigenvalue weighted by Gasteiger charge is 2.37. The number of aliphatic hydroxyl groups excluding tert-OH is 2. The Morgan fingerprint density at radius 1 is 0.457 bits per heavy atom. The van der Waals surface area contributed by atoms with Gasteiger partial charge in [0.15, 0.2) is 0 Å². The average Bonchev–Trinajstić information content (AvgIpc) is 3.32. The summed E-state index contributed by atoms with van der Waals surface area (Å²) in [5.74, 6) is 6.68. The number of aliphatic hydroxyl groups is 2. The van der Waals surface area contributed by atoms with E-state index in [0.717, 1.165) is 72.3 Å². The van der Waals surface area contributed by atoms with Gasteiger partial charge in [0.25, 0.3) is 0 Å². The Morgan fingerprint density at radius 3 is 1.10 bits per heavy atom. The van der Waals surface area contributed by atoms with Crippen molar-refractivity contribution in [2.75, 3.05) is 106 Å². The van der Waals surface area contributed by atoms with E-state index < -0.39 is 0 Å². The van der Waals surface area contributed by atoms with Crippen LogP contribution in [0.2, 0.25) is 0 Å². The number of phenols is 2. The lowest BCUT2D eigenvalue weighted by Crippen LogP contribution is -2.27. The number of ether oxygens (including phenoxy) is 8. The summed E-state index contributed by atoms with van der Waals surface area (Å²) in [7, 11) is 0. The second-order valence-corrected chi connectivity index (χ2v) is 20.7. The zero-order valence-corrected chi connectivity index (χ0v) is 45.2. The van der Waals surface area contributed by atoms with E-state index in [4.69, 9.17) is 48.1 Å². The normalized spacial score (nSPS) is 20.5. The topological polar surface area (TPSA) is 155 Å². The molecule has 0 amide bonds. The number of hydrogen-bond acceptors (Lipinski definition) is 12. The van der Waals surface area contributed by atoms with Gasteiger partial charge < -0.3 is 58.3 Å². The molecule has 12 heteroatoms. The predicted molar refractivity (Wildman–Crippen MR) is 281 cm³/mol. The standard InChI is InChI=1S/2C29H50O6/c2*1-5-6-7-8-24-20-27(31)29(26-19-23(4)9-10-25(26)22(2)3)28(21-24)35-18-17-34-16-15-33-14-13-32-12-11-30/h2*20-23,25-26,30-31H,5-19H2,1-4H3/t23-,25+,26-;23-,25-,26+/m10/s1. The SMILES string of the molecule is CCCCCc1cc(O)c([C@@H]2C[C@@H](C)CC[C@H]2C(C)C)c(OCCOCCOCCOCCO)c1.CCCCCc1cc(O)c([C@@H]2C[C@H](C)CC[C@H]2C(C)C)c(OCCOCCOCCOCCO)c1. The third-order valence-corrected chi connectivity index (χ3v) is 14.2. The van der Waals surface area contributed by atoms with E-state index >= 15 is 0 Å². The van der Waals surface area contributed by atoms with Crippen LogP contribution in [0.5, 0.6) is 23.0 Å². The molecule has 2 aliphatic rings. The molecule has 2 aromatic carbocycles. The molecule has 0 saturated heterocycles. The van der Waals surface area contributed by atoms with Gasteiger partial charge in [-0.25, -0.2) is 0 Å². The average molecular weight is 989 g/mol. The maximum atomic E-state index is 11.2. The zero-order chi connectivity index (χ0) is 50.9. The number of unbranched alkanes of at least 4 members (excludes halogenated alkanes) is 4. The molecule has 0 radical (unpaired) electrons. The van der Waals surface area contributed by atoms with Crippen molar-refractivity contribution in [1.82, 2.24) is 0 Å². The minimum atomic E-state index is 0.0299. The molecule has 0 heterocycles. The van der Waals surface area contributed by atoms with Crippen molar-refractivity contribution >= 4 is 0 Å². The molecule has 0 bridgehead atoms. The van der Waals surface area contributed by atoms with Crippen LogP contribution >= 0.6 is 0 Å². The maximum absolute atomic E-state index is 11.2. The highest BCUT2D eigenvalue weighted by Crippen LogP contribution is 2.51. The Bertz CT molecular complexity index is 1500. The van der Waals surface area contributed by atoms with Crippen LogP contribution in [0.25, 0.3) is 0 Å². The van der Waals surface area contributed by atoms with Crippen molar-refractivity contribution in [3.63, 3.8) is 0 Å². The van der Waals surface area contributed by atoms with Crippen molar-refractivity contribution in [1.29, 1.82) is 0 Å². The molecular formula is C58H100O12. The fourth-order valence-corrected chi connectivity index (χ4v) is 10.5. The first-order chi connectivity index (χ1) is 33.9. The Morgan fingerprint density at radius 2 is 0.786 bits per heavy atom. The zero-order valence-electron chi connectivity index (χ0n) is 45.2. The van der Waals surface area contributed by atoms with Crippen molar-refractivity contribution < 1.29 is 58.3 Å². The van der Waals surface area contributed by atoms with E-state index in [2.05, 4.69) is 67.5 Å². The van der Waals surface area contributed by atoms with Gasteiger partial charge in [-0.05, 0) is 134 Å². The van der Waals surface area contributed by atoms with Gasteiger partial charge in [-0.15, -0.1) is 0 Å². The van der Waals surface area contributed by atoms with Gasteiger partial charge in [0.2, 0.25) is 0 Å². The summed E-state index contributed by atoms with van der Waals surface area (Å²) < 4.78 is 45.2. The van der Waals surface area contributed by atoms with Crippen LogP contribution in [0.4, 0.5) is 0 Å². The summed E-state index contributed by atoms with van der Waals surface area (Å²) in [5.41, 5.74) is 4.30. The van der Waals surface area contributed by atoms with E-state index in [9.17, 15) is 10.2 Å². The molecule has 0 aliphatic heterocycles. The van der Waals surface area contributed by atoms with E-state index in [-0.39, 0.29) is 13.2 Å². The van der Waals surface area contributed by atoms with E-state index in [1.807, 2.05) is 12.1 Å². The molecule has 2 aliphatic carbocycles. The number of aryl methyl sites for hydroxylation is 2. The van der Waals surface area contributed by atoms with E-state index in [1.54, 1.807) is 0 Å². The fourth-order valence-electron chi connectivity index (χ4n) is 10.5. The van der Waals surface area contributed by atoms with E-state index in [1.165, 1.54) is 51.4 Å². The van der Waals surface area contributed by atoms with Crippen LogP contribution in [0, 0.1) is 35.5 Å². The number of aromatic hydroxyl groups is 2. The minimum absolute atomic E-state index is 0.0299. The highest BCUT2D eigenvalue weighted by molar-refractivity contribution is 5.51. The van der Waals surface area contributed by atoms with Crippen molar-refractivity contribution in [2.45, 2.75) is 157 Å². The summed E-state index contributed by atoms with van der Waals surface area (Å²) in [6.45, 7) is 24.8. The Kier molecular flexibility index (Phi) is 32.7. The number of benzene rings is 2. The molecule has 4 N–H and O–H groups in total. The smallest absolute Gasteiger partial charge is 0.126 e. The molecule has 0 aromatic heterocycles. The quantitative estimate of drug-likeness (QED) is 0.0480. The number of phenolic OH excluding ortho intramolecular Hbond substituents is 2. The van der Waals surface area contributed by atoms with Crippen LogP contribution in [0.1, 0.15) is 167 Å². The van der Waals surface area contributed by atoms with Gasteiger partial charge in [0.1, 0.15) is 36.2 Å². The fraction of sp³-hybridized carbons (Fsp3) is 0.793. The molecular weight excluding hydrogens is 889 g/mol. The number of rotatable bonds is 36. The Hall–Kier alpha value is -2.68. The lowest BCUT2D eigenvalue weighted by molar-refractivity contribution is 0.00350. The third kappa shape index (κ3) is 23.5. The molecule has 2 saturated carbocycles. The summed E-state index contributed by atoms with van der Waals surface area (Å²) >= 11 is 0. The molecule has 0 spiro atoms. The maximum Gasteiger partial charge on any atom is 0.126 e. The van der Waals surface area contributed by atoms with Crippen molar-refractivity contribution in [3.8, 4) is 23.0 Å². The van der Waals surface area contributed by atoms with Gasteiger partial charge in [-0.1, -0.05) is 93.9 Å². The lowest BCUT2D eigenvalue weighted by atomic mass is 9.67. The molecule has 6 atom stereocenters. The lowest BCUT2D eigenvalue weighted by Gasteiger charge is -2.38. The van der Waals surface area contributed by atoms with Gasteiger partial charge in [0, 0.05) is 11.1 Å². The third-order valence-electron chi connectivity index (χ3n) is 14.2. The first kappa shape index (κ1) is 61.6. The van der Waals surface area contributed by atoms with Crippen LogP contribution in [0.3, 0.4) is 0 Å². The molecule has 2 fully saturated rings. The number of hydrogen-bond donors (Lipinski definition) is 4. The van der Waals surface area contributed by atoms with Gasteiger partial charge >= 0.3 is 0 Å². The highest BCUT2D eigenvalue weighted by atomic mass is 16.6. The minimum Gasteiger partial charge on any atom is -0.508 e. The second-order valence-electron chi connectivity index (χ2n) is 20.7. The van der Waals surface area contributed by atoms with Crippen molar-refractivity contribution in [2.24, 2.45) is 35.5 Å². The molecule has 0 unspecified atom stereocenters. The largest absolute Gasteiger partial charge is 0.508 e.